The maximum atomic E-state index is 6.52. The van der Waals surface area contributed by atoms with E-state index < -0.39 is 0 Å². The molecule has 7 rings (SSSR count). The summed E-state index contributed by atoms with van der Waals surface area (Å²) in [5, 5.41) is 7.37. The molecule has 0 saturated carbocycles. The summed E-state index contributed by atoms with van der Waals surface area (Å²) in [6.45, 7) is 13.0. The molecule has 0 amide bonds. The molecule has 5 nitrogen and oxygen atoms in total. The molecule has 0 atom stereocenters. The number of para-hydroxylation sites is 1. The topological polar surface area (TPSA) is 44.9 Å². The van der Waals surface area contributed by atoms with E-state index in [9.17, 15) is 0 Å². The Labute approximate surface area is 258 Å². The van der Waals surface area contributed by atoms with Crippen molar-refractivity contribution in [3.05, 3.63) is 131 Å². The van der Waals surface area contributed by atoms with E-state index in [2.05, 4.69) is 113 Å². The molecular formula is C39H36N4O. The minimum Gasteiger partial charge on any atom is -0.457 e. The summed E-state index contributed by atoms with van der Waals surface area (Å²) >= 11 is 0. The molecule has 0 fully saturated rings. The molecule has 44 heavy (non-hydrogen) atoms. The van der Waals surface area contributed by atoms with E-state index in [0.717, 1.165) is 57.2 Å². The predicted molar refractivity (Wildman–Crippen MR) is 181 cm³/mol. The zero-order chi connectivity index (χ0) is 30.5. The standard InChI is InChI=1S/C39H36N4O/c1-7-32-25(3)15-16-26(4)38(32)39-27(5)41-43(28(39)6)29-11-10-12-30(22-29)44-31-17-18-34-33-13-8-9-14-35(33)42(36(34)23-31)37-21-24(2)19-20-40-37/h8-23H,7H2,1-6H3. The molecule has 0 aliphatic heterocycles. The number of hydrogen-bond acceptors (Lipinski definition) is 3. The van der Waals surface area contributed by atoms with Gasteiger partial charge in [0.1, 0.15) is 17.3 Å². The predicted octanol–water partition coefficient (Wildman–Crippen LogP) is 9.93. The third kappa shape index (κ3) is 4.56. The first-order valence-electron chi connectivity index (χ1n) is 15.2. The summed E-state index contributed by atoms with van der Waals surface area (Å²) in [5.74, 6) is 2.42. The molecule has 0 aliphatic carbocycles. The van der Waals surface area contributed by atoms with Gasteiger partial charge < -0.3 is 4.74 Å². The fourth-order valence-electron chi connectivity index (χ4n) is 6.65. The maximum absolute atomic E-state index is 6.52. The Balaban J connectivity index is 1.29. The van der Waals surface area contributed by atoms with E-state index in [1.165, 1.54) is 38.8 Å². The lowest BCUT2D eigenvalue weighted by molar-refractivity contribution is 0.483. The molecular weight excluding hydrogens is 540 g/mol. The van der Waals surface area contributed by atoms with Crippen LogP contribution in [-0.4, -0.2) is 19.3 Å². The molecule has 4 aromatic carbocycles. The first kappa shape index (κ1) is 27.7. The van der Waals surface area contributed by atoms with Gasteiger partial charge in [0.05, 0.1) is 22.4 Å². The van der Waals surface area contributed by atoms with Crippen LogP contribution >= 0.6 is 0 Å². The number of aromatic nitrogens is 4. The number of benzene rings is 4. The van der Waals surface area contributed by atoms with E-state index in [-0.39, 0.29) is 0 Å². The van der Waals surface area contributed by atoms with E-state index in [4.69, 9.17) is 14.8 Å². The molecule has 0 saturated heterocycles. The van der Waals surface area contributed by atoms with Gasteiger partial charge in [-0.15, -0.1) is 0 Å². The maximum Gasteiger partial charge on any atom is 0.137 e. The quantitative estimate of drug-likeness (QED) is 0.198. The van der Waals surface area contributed by atoms with Crippen LogP contribution in [0.4, 0.5) is 0 Å². The molecule has 5 heteroatoms. The van der Waals surface area contributed by atoms with Crippen molar-refractivity contribution in [3.8, 4) is 34.1 Å². The zero-order valence-electron chi connectivity index (χ0n) is 26.1. The number of rotatable bonds is 6. The lowest BCUT2D eigenvalue weighted by Crippen LogP contribution is -2.01. The Morgan fingerprint density at radius 2 is 1.45 bits per heavy atom. The molecule has 0 spiro atoms. The summed E-state index contributed by atoms with van der Waals surface area (Å²) in [4.78, 5) is 4.71. The van der Waals surface area contributed by atoms with Gasteiger partial charge in [0, 0.05) is 40.4 Å². The van der Waals surface area contributed by atoms with Crippen LogP contribution in [0.2, 0.25) is 0 Å². The van der Waals surface area contributed by atoms with Crippen molar-refractivity contribution in [2.24, 2.45) is 0 Å². The highest BCUT2D eigenvalue weighted by Crippen LogP contribution is 2.37. The molecule has 0 unspecified atom stereocenters. The highest BCUT2D eigenvalue weighted by atomic mass is 16.5. The van der Waals surface area contributed by atoms with Crippen LogP contribution in [0.25, 0.3) is 44.4 Å². The number of pyridine rings is 1. The fourth-order valence-corrected chi connectivity index (χ4v) is 6.65. The lowest BCUT2D eigenvalue weighted by atomic mass is 9.89. The third-order valence-corrected chi connectivity index (χ3v) is 8.72. The summed E-state index contributed by atoms with van der Waals surface area (Å²) in [5.41, 5.74) is 13.0. The van der Waals surface area contributed by atoms with Gasteiger partial charge in [-0.2, -0.15) is 5.10 Å². The first-order chi connectivity index (χ1) is 21.3. The van der Waals surface area contributed by atoms with Gasteiger partial charge in [-0.05, 0) is 111 Å². The minimum atomic E-state index is 0.758. The van der Waals surface area contributed by atoms with Gasteiger partial charge in [-0.1, -0.05) is 43.3 Å². The summed E-state index contributed by atoms with van der Waals surface area (Å²) < 4.78 is 10.8. The number of ether oxygens (including phenoxy) is 1. The van der Waals surface area contributed by atoms with Gasteiger partial charge in [0.2, 0.25) is 0 Å². The SMILES string of the molecule is CCc1c(C)ccc(C)c1-c1c(C)nn(-c2cccc(Oc3ccc4c5ccccc5n(-c5cc(C)ccn5)c4c3)c2)c1C. The van der Waals surface area contributed by atoms with Crippen molar-refractivity contribution in [3.63, 3.8) is 0 Å². The summed E-state index contributed by atoms with van der Waals surface area (Å²) in [7, 11) is 0. The number of nitrogens with zero attached hydrogens (tertiary/aromatic N) is 4. The Morgan fingerprint density at radius 3 is 2.27 bits per heavy atom. The highest BCUT2D eigenvalue weighted by molar-refractivity contribution is 6.09. The number of hydrogen-bond donors (Lipinski definition) is 0. The fraction of sp³-hybridized carbons (Fsp3) is 0.179. The number of aryl methyl sites for hydroxylation is 4. The molecule has 0 aliphatic rings. The van der Waals surface area contributed by atoms with E-state index in [1.807, 2.05) is 35.1 Å². The smallest absolute Gasteiger partial charge is 0.137 e. The highest BCUT2D eigenvalue weighted by Gasteiger charge is 2.20. The van der Waals surface area contributed by atoms with Crippen LogP contribution in [0.5, 0.6) is 11.5 Å². The van der Waals surface area contributed by atoms with Gasteiger partial charge in [0.25, 0.3) is 0 Å². The van der Waals surface area contributed by atoms with Crippen LogP contribution in [0.3, 0.4) is 0 Å². The molecule has 0 N–H and O–H groups in total. The lowest BCUT2D eigenvalue weighted by Gasteiger charge is -2.15. The van der Waals surface area contributed by atoms with Crippen molar-refractivity contribution in [1.29, 1.82) is 0 Å². The van der Waals surface area contributed by atoms with Crippen LogP contribution in [0, 0.1) is 34.6 Å². The zero-order valence-corrected chi connectivity index (χ0v) is 26.1. The second-order valence-electron chi connectivity index (χ2n) is 11.7. The second kappa shape index (κ2) is 10.8. The van der Waals surface area contributed by atoms with Crippen molar-refractivity contribution >= 4 is 21.8 Å². The van der Waals surface area contributed by atoms with E-state index >= 15 is 0 Å². The van der Waals surface area contributed by atoms with Crippen LogP contribution in [0.15, 0.2) is 97.2 Å². The first-order valence-corrected chi connectivity index (χ1v) is 15.2. The van der Waals surface area contributed by atoms with Gasteiger partial charge in [-0.3, -0.25) is 4.57 Å². The van der Waals surface area contributed by atoms with Crippen LogP contribution < -0.4 is 4.74 Å². The average molecular weight is 577 g/mol. The van der Waals surface area contributed by atoms with Gasteiger partial charge in [-0.25, -0.2) is 9.67 Å². The Morgan fingerprint density at radius 1 is 0.682 bits per heavy atom. The van der Waals surface area contributed by atoms with Gasteiger partial charge >= 0.3 is 0 Å². The normalized spacial score (nSPS) is 11.5. The van der Waals surface area contributed by atoms with Crippen LogP contribution in [-0.2, 0) is 6.42 Å². The molecule has 3 heterocycles. The Bertz CT molecular complexity index is 2200. The summed E-state index contributed by atoms with van der Waals surface area (Å²) in [6, 6.07) is 31.5. The largest absolute Gasteiger partial charge is 0.457 e. The van der Waals surface area contributed by atoms with E-state index in [1.54, 1.807) is 0 Å². The van der Waals surface area contributed by atoms with Crippen molar-refractivity contribution in [1.82, 2.24) is 19.3 Å². The molecule has 3 aromatic heterocycles. The number of fused-ring (bicyclic) bond motifs is 3. The van der Waals surface area contributed by atoms with Crippen molar-refractivity contribution in [2.45, 2.75) is 48.0 Å². The Kier molecular flexibility index (Phi) is 6.81. The second-order valence-corrected chi connectivity index (χ2v) is 11.7. The molecule has 218 valence electrons. The summed E-state index contributed by atoms with van der Waals surface area (Å²) in [6.07, 6.45) is 2.85. The monoisotopic (exact) mass is 576 g/mol. The molecule has 0 bridgehead atoms. The minimum absolute atomic E-state index is 0.758. The Hall–Kier alpha value is -5.16. The average Bonchev–Trinajstić information content (AvgIpc) is 3.51. The van der Waals surface area contributed by atoms with Gasteiger partial charge in [0.15, 0.2) is 0 Å². The van der Waals surface area contributed by atoms with Crippen molar-refractivity contribution in [2.75, 3.05) is 0 Å². The molecule has 0 radical (unpaired) electrons. The van der Waals surface area contributed by atoms with Crippen molar-refractivity contribution < 1.29 is 4.74 Å². The third-order valence-electron chi connectivity index (χ3n) is 8.72. The van der Waals surface area contributed by atoms with Crippen LogP contribution in [0.1, 0.15) is 40.6 Å². The van der Waals surface area contributed by atoms with E-state index in [0.29, 0.717) is 0 Å². The molecule has 7 aromatic rings.